The van der Waals surface area contributed by atoms with Crippen molar-refractivity contribution in [2.24, 2.45) is 5.92 Å². The standard InChI is InChI=1S/C20H28F3N3O2/c1-4-15-8-5-6-10-17(15)24-18(27)13-25(3)19(28)14(2)26-11-7-9-16(12-26)20(21,22)23/h5-6,8,10,14,16H,4,7,9,11-13H2,1-3H3,(H,24,27)/t14-,16+/m0/s1. The number of halogens is 3. The van der Waals surface area contributed by atoms with Crippen molar-refractivity contribution in [3.63, 3.8) is 0 Å². The third-order valence-corrected chi connectivity index (χ3v) is 5.25. The van der Waals surface area contributed by atoms with Crippen molar-refractivity contribution in [3.8, 4) is 0 Å². The molecule has 2 atom stereocenters. The first-order valence-electron chi connectivity index (χ1n) is 9.57. The molecule has 1 aliphatic heterocycles. The number of anilines is 1. The highest BCUT2D eigenvalue weighted by Crippen LogP contribution is 2.33. The molecule has 0 aliphatic carbocycles. The molecule has 2 rings (SSSR count). The average Bonchev–Trinajstić information content (AvgIpc) is 2.66. The van der Waals surface area contributed by atoms with Gasteiger partial charge in [0.1, 0.15) is 0 Å². The fourth-order valence-electron chi connectivity index (χ4n) is 3.53. The fraction of sp³-hybridized carbons (Fsp3) is 0.600. The van der Waals surface area contributed by atoms with E-state index in [0.29, 0.717) is 18.7 Å². The van der Waals surface area contributed by atoms with E-state index < -0.39 is 18.1 Å². The summed E-state index contributed by atoms with van der Waals surface area (Å²) in [7, 11) is 1.50. The zero-order chi connectivity index (χ0) is 20.9. The lowest BCUT2D eigenvalue weighted by molar-refractivity contribution is -0.189. The van der Waals surface area contributed by atoms with E-state index in [1.807, 2.05) is 25.1 Å². The van der Waals surface area contributed by atoms with Crippen molar-refractivity contribution in [2.75, 3.05) is 32.0 Å². The molecule has 1 aromatic carbocycles. The number of rotatable bonds is 6. The molecule has 0 unspecified atom stereocenters. The number of piperidine rings is 1. The van der Waals surface area contributed by atoms with E-state index in [4.69, 9.17) is 0 Å². The van der Waals surface area contributed by atoms with E-state index in [0.717, 1.165) is 12.0 Å². The van der Waals surface area contributed by atoms with Crippen molar-refractivity contribution in [1.82, 2.24) is 9.80 Å². The van der Waals surface area contributed by atoms with Gasteiger partial charge in [0, 0.05) is 19.3 Å². The molecule has 0 bridgehead atoms. The molecule has 1 saturated heterocycles. The summed E-state index contributed by atoms with van der Waals surface area (Å²) in [6.45, 7) is 3.69. The molecule has 0 radical (unpaired) electrons. The van der Waals surface area contributed by atoms with Gasteiger partial charge in [0.05, 0.1) is 18.5 Å². The van der Waals surface area contributed by atoms with E-state index in [2.05, 4.69) is 5.32 Å². The smallest absolute Gasteiger partial charge is 0.335 e. The molecule has 0 aromatic heterocycles. The zero-order valence-electron chi connectivity index (χ0n) is 16.6. The van der Waals surface area contributed by atoms with Gasteiger partial charge in [-0.15, -0.1) is 0 Å². The molecule has 0 saturated carbocycles. The normalized spacial score (nSPS) is 19.1. The summed E-state index contributed by atoms with van der Waals surface area (Å²) in [5.74, 6) is -2.10. The van der Waals surface area contributed by atoms with Crippen molar-refractivity contribution < 1.29 is 22.8 Å². The number of para-hydroxylation sites is 1. The van der Waals surface area contributed by atoms with E-state index >= 15 is 0 Å². The Hall–Kier alpha value is -2.09. The Morgan fingerprint density at radius 2 is 2.00 bits per heavy atom. The van der Waals surface area contributed by atoms with Crippen LogP contribution in [-0.2, 0) is 16.0 Å². The Morgan fingerprint density at radius 1 is 1.32 bits per heavy atom. The highest BCUT2D eigenvalue weighted by molar-refractivity contribution is 5.95. The molecule has 8 heteroatoms. The topological polar surface area (TPSA) is 52.7 Å². The van der Waals surface area contributed by atoms with Crippen LogP contribution in [0.25, 0.3) is 0 Å². The van der Waals surface area contributed by atoms with Crippen molar-refractivity contribution >= 4 is 17.5 Å². The number of likely N-dealkylation sites (tertiary alicyclic amines) is 1. The van der Waals surface area contributed by atoms with Crippen LogP contribution in [0.4, 0.5) is 18.9 Å². The lowest BCUT2D eigenvalue weighted by Crippen LogP contribution is -2.52. The van der Waals surface area contributed by atoms with Crippen LogP contribution in [0, 0.1) is 5.92 Å². The number of amides is 2. The van der Waals surface area contributed by atoms with Crippen LogP contribution in [0.1, 0.15) is 32.3 Å². The van der Waals surface area contributed by atoms with Gasteiger partial charge in [-0.25, -0.2) is 0 Å². The lowest BCUT2D eigenvalue weighted by atomic mass is 9.96. The molecule has 2 amide bonds. The van der Waals surface area contributed by atoms with E-state index in [9.17, 15) is 22.8 Å². The molecule has 28 heavy (non-hydrogen) atoms. The Kier molecular flexibility index (Phi) is 7.46. The highest BCUT2D eigenvalue weighted by Gasteiger charge is 2.43. The van der Waals surface area contributed by atoms with Gasteiger partial charge in [0.2, 0.25) is 11.8 Å². The Bertz CT molecular complexity index is 694. The third-order valence-electron chi connectivity index (χ3n) is 5.25. The van der Waals surface area contributed by atoms with Crippen LogP contribution < -0.4 is 5.32 Å². The molecule has 1 aliphatic rings. The summed E-state index contributed by atoms with van der Waals surface area (Å²) in [6, 6.07) is 6.72. The van der Waals surface area contributed by atoms with Crippen LogP contribution in [0.3, 0.4) is 0 Å². The maximum Gasteiger partial charge on any atom is 0.393 e. The molecule has 0 spiro atoms. The number of alkyl halides is 3. The van der Waals surface area contributed by atoms with Gasteiger partial charge in [-0.05, 0) is 44.4 Å². The van der Waals surface area contributed by atoms with Gasteiger partial charge in [-0.1, -0.05) is 25.1 Å². The first-order valence-corrected chi connectivity index (χ1v) is 9.57. The quantitative estimate of drug-likeness (QED) is 0.799. The van der Waals surface area contributed by atoms with Crippen LogP contribution in [0.2, 0.25) is 0 Å². The van der Waals surface area contributed by atoms with Crippen LogP contribution in [-0.4, -0.2) is 60.5 Å². The van der Waals surface area contributed by atoms with Gasteiger partial charge in [0.15, 0.2) is 0 Å². The summed E-state index contributed by atoms with van der Waals surface area (Å²) < 4.78 is 39.0. The van der Waals surface area contributed by atoms with Gasteiger partial charge >= 0.3 is 6.18 Å². The SMILES string of the molecule is CCc1ccccc1NC(=O)CN(C)C(=O)[C@H](C)N1CCC[C@@H](C(F)(F)F)C1. The number of likely N-dealkylation sites (N-methyl/N-ethyl adjacent to an activating group) is 1. The van der Waals surface area contributed by atoms with Crippen LogP contribution in [0.5, 0.6) is 0 Å². The number of nitrogens with one attached hydrogen (secondary N) is 1. The minimum atomic E-state index is -4.25. The molecular weight excluding hydrogens is 371 g/mol. The van der Waals surface area contributed by atoms with Crippen molar-refractivity contribution in [3.05, 3.63) is 29.8 Å². The molecule has 156 valence electrons. The van der Waals surface area contributed by atoms with E-state index in [1.165, 1.54) is 11.9 Å². The molecule has 5 nitrogen and oxygen atoms in total. The summed E-state index contributed by atoms with van der Waals surface area (Å²) in [6.07, 6.45) is -2.99. The fourth-order valence-corrected chi connectivity index (χ4v) is 3.53. The maximum atomic E-state index is 13.0. The molecule has 1 fully saturated rings. The second kappa shape index (κ2) is 9.41. The Morgan fingerprint density at radius 3 is 2.64 bits per heavy atom. The number of carbonyl (C=O) groups excluding carboxylic acids is 2. The highest BCUT2D eigenvalue weighted by atomic mass is 19.4. The Balaban J connectivity index is 1.93. The molecular formula is C20H28F3N3O2. The average molecular weight is 399 g/mol. The molecule has 1 N–H and O–H groups in total. The predicted molar refractivity (Wildman–Crippen MR) is 102 cm³/mol. The summed E-state index contributed by atoms with van der Waals surface area (Å²) in [5.41, 5.74) is 1.69. The largest absolute Gasteiger partial charge is 0.393 e. The number of hydrogen-bond donors (Lipinski definition) is 1. The second-order valence-corrected chi connectivity index (χ2v) is 7.30. The first-order chi connectivity index (χ1) is 13.1. The number of nitrogens with zero attached hydrogens (tertiary/aromatic N) is 2. The predicted octanol–water partition coefficient (Wildman–Crippen LogP) is 3.31. The Labute approximate surface area is 163 Å². The zero-order valence-corrected chi connectivity index (χ0v) is 16.6. The number of benzene rings is 1. The van der Waals surface area contributed by atoms with E-state index in [1.54, 1.807) is 17.9 Å². The van der Waals surface area contributed by atoms with Gasteiger partial charge in [0.25, 0.3) is 0 Å². The van der Waals surface area contributed by atoms with Gasteiger partial charge in [-0.2, -0.15) is 13.2 Å². The lowest BCUT2D eigenvalue weighted by Gasteiger charge is -2.37. The number of carbonyl (C=O) groups is 2. The number of aryl methyl sites for hydroxylation is 1. The minimum absolute atomic E-state index is 0.0932. The summed E-state index contributed by atoms with van der Waals surface area (Å²) in [4.78, 5) is 27.8. The monoisotopic (exact) mass is 399 g/mol. The van der Waals surface area contributed by atoms with E-state index in [-0.39, 0.29) is 31.3 Å². The maximum absolute atomic E-state index is 13.0. The number of hydrogen-bond acceptors (Lipinski definition) is 3. The first kappa shape index (κ1) is 22.2. The van der Waals surface area contributed by atoms with Crippen LogP contribution >= 0.6 is 0 Å². The summed E-state index contributed by atoms with van der Waals surface area (Å²) in [5, 5.41) is 2.80. The molecule has 1 heterocycles. The van der Waals surface area contributed by atoms with Crippen molar-refractivity contribution in [2.45, 2.75) is 45.3 Å². The van der Waals surface area contributed by atoms with Crippen LogP contribution in [0.15, 0.2) is 24.3 Å². The van der Waals surface area contributed by atoms with Gasteiger partial charge in [-0.3, -0.25) is 14.5 Å². The summed E-state index contributed by atoms with van der Waals surface area (Å²) >= 11 is 0. The van der Waals surface area contributed by atoms with Crippen molar-refractivity contribution in [1.29, 1.82) is 0 Å². The van der Waals surface area contributed by atoms with Gasteiger partial charge < -0.3 is 10.2 Å². The second-order valence-electron chi connectivity index (χ2n) is 7.30. The molecule has 1 aromatic rings. The third kappa shape index (κ3) is 5.70. The minimum Gasteiger partial charge on any atom is -0.335 e.